The Morgan fingerprint density at radius 2 is 2.25 bits per heavy atom. The molecule has 0 aliphatic carbocycles. The van der Waals surface area contributed by atoms with Crippen molar-refractivity contribution >= 4 is 29.3 Å². The molecular weight excluding hydrogens is 286 g/mol. The van der Waals surface area contributed by atoms with Gasteiger partial charge in [0.25, 0.3) is 0 Å². The lowest BCUT2D eigenvalue weighted by Crippen LogP contribution is -2.46. The summed E-state index contributed by atoms with van der Waals surface area (Å²) >= 11 is 1.38. The number of aromatic nitrogens is 1. The molecule has 110 valence electrons. The molecule has 3 N–H and O–H groups in total. The molecular formula is C11H15N3O5S. The van der Waals surface area contributed by atoms with E-state index in [1.165, 1.54) is 18.4 Å². The van der Waals surface area contributed by atoms with Gasteiger partial charge in [0.1, 0.15) is 11.0 Å². The first-order chi connectivity index (χ1) is 9.52. The zero-order valence-electron chi connectivity index (χ0n) is 10.8. The summed E-state index contributed by atoms with van der Waals surface area (Å²) in [6.07, 6.45) is 1.49. The van der Waals surface area contributed by atoms with Crippen molar-refractivity contribution in [3.8, 4) is 0 Å². The van der Waals surface area contributed by atoms with E-state index in [0.717, 1.165) is 0 Å². The van der Waals surface area contributed by atoms with Crippen LogP contribution >= 0.6 is 11.3 Å². The molecule has 0 aliphatic rings. The number of carboxylic acids is 1. The van der Waals surface area contributed by atoms with E-state index in [4.69, 9.17) is 5.11 Å². The fourth-order valence-corrected chi connectivity index (χ4v) is 1.88. The van der Waals surface area contributed by atoms with Crippen molar-refractivity contribution in [2.45, 2.75) is 25.4 Å². The minimum atomic E-state index is -1.21. The number of methoxy groups -OCH3 is 1. The number of carbonyl (C=O) groups is 3. The van der Waals surface area contributed by atoms with Crippen molar-refractivity contribution in [1.29, 1.82) is 0 Å². The van der Waals surface area contributed by atoms with Crippen molar-refractivity contribution in [2.75, 3.05) is 7.11 Å². The molecule has 0 saturated carbocycles. The van der Waals surface area contributed by atoms with Gasteiger partial charge < -0.3 is 20.5 Å². The zero-order chi connectivity index (χ0) is 15.0. The van der Waals surface area contributed by atoms with E-state index in [-0.39, 0.29) is 19.4 Å². The van der Waals surface area contributed by atoms with Crippen LogP contribution in [0.15, 0.2) is 11.6 Å². The quantitative estimate of drug-likeness (QED) is 0.625. The van der Waals surface area contributed by atoms with Gasteiger partial charge in [-0.15, -0.1) is 11.3 Å². The van der Waals surface area contributed by atoms with Crippen LogP contribution in [0.25, 0.3) is 0 Å². The highest BCUT2D eigenvalue weighted by atomic mass is 32.1. The monoisotopic (exact) mass is 301 g/mol. The third-order valence-corrected chi connectivity index (χ3v) is 3.13. The summed E-state index contributed by atoms with van der Waals surface area (Å²) in [6, 6.07) is -1.78. The van der Waals surface area contributed by atoms with E-state index >= 15 is 0 Å². The number of amides is 2. The van der Waals surface area contributed by atoms with Gasteiger partial charge in [0.05, 0.1) is 13.7 Å². The molecule has 20 heavy (non-hydrogen) atoms. The van der Waals surface area contributed by atoms with E-state index in [2.05, 4.69) is 20.4 Å². The van der Waals surface area contributed by atoms with Crippen molar-refractivity contribution < 1.29 is 24.2 Å². The van der Waals surface area contributed by atoms with Crippen LogP contribution in [0.2, 0.25) is 0 Å². The third-order valence-electron chi connectivity index (χ3n) is 2.35. The number of hydrogen-bond donors (Lipinski definition) is 3. The molecule has 8 nitrogen and oxygen atoms in total. The van der Waals surface area contributed by atoms with Gasteiger partial charge in [-0.25, -0.2) is 14.6 Å². The van der Waals surface area contributed by atoms with E-state index < -0.39 is 24.0 Å². The molecule has 0 radical (unpaired) electrons. The lowest BCUT2D eigenvalue weighted by molar-refractivity contribution is -0.142. The van der Waals surface area contributed by atoms with Gasteiger partial charge in [0, 0.05) is 18.0 Å². The largest absolute Gasteiger partial charge is 0.480 e. The van der Waals surface area contributed by atoms with Gasteiger partial charge in [0.15, 0.2) is 0 Å². The molecule has 0 aromatic carbocycles. The van der Waals surface area contributed by atoms with Crippen molar-refractivity contribution in [3.05, 3.63) is 16.6 Å². The number of ether oxygens (including phenoxy) is 1. The highest BCUT2D eigenvalue weighted by Gasteiger charge is 2.21. The smallest absolute Gasteiger partial charge is 0.326 e. The standard InChI is InChI=1S/C11H15N3O5S/c1-19-9(15)3-2-7(10(16)17)14-11(18)13-6-8-12-4-5-20-8/h4-5,7H,2-3,6H2,1H3,(H,16,17)(H2,13,14,18)/t7-/m0/s1. The van der Waals surface area contributed by atoms with Crippen molar-refractivity contribution in [1.82, 2.24) is 15.6 Å². The van der Waals surface area contributed by atoms with Crippen LogP contribution in [0.3, 0.4) is 0 Å². The van der Waals surface area contributed by atoms with Gasteiger partial charge in [-0.2, -0.15) is 0 Å². The fraction of sp³-hybridized carbons (Fsp3) is 0.455. The van der Waals surface area contributed by atoms with Crippen LogP contribution in [0.4, 0.5) is 4.79 Å². The number of carbonyl (C=O) groups excluding carboxylic acids is 2. The maximum absolute atomic E-state index is 11.5. The number of thiazole rings is 1. The SMILES string of the molecule is COC(=O)CC[C@H](NC(=O)NCc1nccs1)C(=O)O. The first kappa shape index (κ1) is 15.9. The van der Waals surface area contributed by atoms with Gasteiger partial charge in [-0.3, -0.25) is 4.79 Å². The first-order valence-electron chi connectivity index (χ1n) is 5.75. The second kappa shape index (κ2) is 8.10. The first-order valence-corrected chi connectivity index (χ1v) is 6.63. The molecule has 0 bridgehead atoms. The normalized spacial score (nSPS) is 11.4. The summed E-state index contributed by atoms with van der Waals surface area (Å²) in [7, 11) is 1.21. The fourth-order valence-electron chi connectivity index (χ4n) is 1.33. The summed E-state index contributed by atoms with van der Waals surface area (Å²) in [5, 5.41) is 16.2. The molecule has 0 saturated heterocycles. The van der Waals surface area contributed by atoms with Crippen molar-refractivity contribution in [2.24, 2.45) is 0 Å². The van der Waals surface area contributed by atoms with Crippen LogP contribution in [0, 0.1) is 0 Å². The maximum atomic E-state index is 11.5. The summed E-state index contributed by atoms with van der Waals surface area (Å²) in [6.45, 7) is 0.215. The van der Waals surface area contributed by atoms with E-state index in [0.29, 0.717) is 5.01 Å². The Hall–Kier alpha value is -2.16. The predicted octanol–water partition coefficient (Wildman–Crippen LogP) is 0.349. The average Bonchev–Trinajstić information content (AvgIpc) is 2.93. The van der Waals surface area contributed by atoms with E-state index in [1.54, 1.807) is 11.6 Å². The molecule has 1 heterocycles. The number of rotatable bonds is 7. The molecule has 1 atom stereocenters. The second-order valence-electron chi connectivity index (χ2n) is 3.76. The Kier molecular flexibility index (Phi) is 6.44. The van der Waals surface area contributed by atoms with Crippen LogP contribution in [-0.2, 0) is 20.9 Å². The lowest BCUT2D eigenvalue weighted by atomic mass is 10.1. The molecule has 1 rings (SSSR count). The summed E-state index contributed by atoms with van der Waals surface area (Å²) < 4.78 is 4.41. The molecule has 9 heteroatoms. The molecule has 2 amide bonds. The Bertz CT molecular complexity index is 463. The number of nitrogens with zero attached hydrogens (tertiary/aromatic N) is 1. The summed E-state index contributed by atoms with van der Waals surface area (Å²) in [5.74, 6) is -1.74. The van der Waals surface area contributed by atoms with Crippen molar-refractivity contribution in [3.63, 3.8) is 0 Å². The maximum Gasteiger partial charge on any atom is 0.326 e. The summed E-state index contributed by atoms with van der Waals surface area (Å²) in [4.78, 5) is 37.4. The highest BCUT2D eigenvalue weighted by molar-refractivity contribution is 7.09. The highest BCUT2D eigenvalue weighted by Crippen LogP contribution is 2.03. The Morgan fingerprint density at radius 1 is 1.50 bits per heavy atom. The van der Waals surface area contributed by atoms with Crippen LogP contribution in [0.1, 0.15) is 17.8 Å². The Balaban J connectivity index is 2.38. The minimum Gasteiger partial charge on any atom is -0.480 e. The van der Waals surface area contributed by atoms with Crippen LogP contribution < -0.4 is 10.6 Å². The Labute approximate surface area is 119 Å². The molecule has 1 aromatic rings. The number of esters is 1. The molecule has 1 aromatic heterocycles. The minimum absolute atomic E-state index is 0.0350. The number of urea groups is 1. The molecule has 0 aliphatic heterocycles. The van der Waals surface area contributed by atoms with Gasteiger partial charge >= 0.3 is 18.0 Å². The lowest BCUT2D eigenvalue weighted by Gasteiger charge is -2.14. The van der Waals surface area contributed by atoms with Gasteiger partial charge in [-0.1, -0.05) is 0 Å². The van der Waals surface area contributed by atoms with E-state index in [9.17, 15) is 14.4 Å². The average molecular weight is 301 g/mol. The number of aliphatic carboxylic acids is 1. The number of hydrogen-bond acceptors (Lipinski definition) is 6. The van der Waals surface area contributed by atoms with Gasteiger partial charge in [0.2, 0.25) is 0 Å². The van der Waals surface area contributed by atoms with Crippen LogP contribution in [-0.4, -0.2) is 41.2 Å². The zero-order valence-corrected chi connectivity index (χ0v) is 11.6. The van der Waals surface area contributed by atoms with E-state index in [1.807, 2.05) is 0 Å². The predicted molar refractivity (Wildman–Crippen MR) is 70.2 cm³/mol. The number of nitrogens with one attached hydrogen (secondary N) is 2. The third kappa shape index (κ3) is 5.65. The second-order valence-corrected chi connectivity index (χ2v) is 4.74. The topological polar surface area (TPSA) is 118 Å². The molecule has 0 fully saturated rings. The molecule has 0 spiro atoms. The number of carboxylic acid groups (broad SMARTS) is 1. The Morgan fingerprint density at radius 3 is 2.80 bits per heavy atom. The molecule has 0 unspecified atom stereocenters. The van der Waals surface area contributed by atoms with Gasteiger partial charge in [-0.05, 0) is 6.42 Å². The summed E-state index contributed by atoms with van der Waals surface area (Å²) in [5.41, 5.74) is 0. The van der Waals surface area contributed by atoms with Crippen LogP contribution in [0.5, 0.6) is 0 Å².